The van der Waals surface area contributed by atoms with Crippen LogP contribution in [-0.4, -0.2) is 40.5 Å². The molecule has 4 aromatic rings. The van der Waals surface area contributed by atoms with Crippen molar-refractivity contribution in [1.82, 2.24) is 19.7 Å². The van der Waals surface area contributed by atoms with Crippen molar-refractivity contribution >= 4 is 32.9 Å². The van der Waals surface area contributed by atoms with E-state index >= 15 is 0 Å². The van der Waals surface area contributed by atoms with Crippen LogP contribution in [0.4, 0.5) is 5.69 Å². The number of pyridine rings is 1. The maximum Gasteiger partial charge on any atom is 0.258 e. The molecule has 4 heterocycles. The van der Waals surface area contributed by atoms with Gasteiger partial charge < -0.3 is 10.2 Å². The van der Waals surface area contributed by atoms with Crippen molar-refractivity contribution in [3.8, 4) is 11.3 Å². The number of thiazole rings is 1. The van der Waals surface area contributed by atoms with Crippen LogP contribution < -0.4 is 15.8 Å². The largest absolute Gasteiger partial charge is 0.368 e. The van der Waals surface area contributed by atoms with Gasteiger partial charge in [-0.1, -0.05) is 6.07 Å². The number of hydrogen-bond acceptors (Lipinski definition) is 6. The minimum atomic E-state index is -0.0624. The number of fused-ring (bicyclic) bond motifs is 2. The predicted octanol–water partition coefficient (Wildman–Crippen LogP) is 2.69. The van der Waals surface area contributed by atoms with Gasteiger partial charge in [0.1, 0.15) is 5.65 Å². The summed E-state index contributed by atoms with van der Waals surface area (Å²) in [7, 11) is 0. The molecule has 0 radical (unpaired) electrons. The zero-order chi connectivity index (χ0) is 18.4. The van der Waals surface area contributed by atoms with Crippen molar-refractivity contribution in [3.63, 3.8) is 0 Å². The topological polar surface area (TPSA) is 62.5 Å². The van der Waals surface area contributed by atoms with E-state index in [0.29, 0.717) is 11.3 Å². The second-order valence-corrected chi connectivity index (χ2v) is 7.98. The summed E-state index contributed by atoms with van der Waals surface area (Å²) in [5.41, 5.74) is 4.28. The van der Waals surface area contributed by atoms with Crippen LogP contribution in [0, 0.1) is 6.92 Å². The third kappa shape index (κ3) is 2.98. The molecule has 1 aliphatic heterocycles. The van der Waals surface area contributed by atoms with Crippen molar-refractivity contribution in [3.05, 3.63) is 58.0 Å². The first kappa shape index (κ1) is 16.4. The average molecular weight is 377 g/mol. The minimum absolute atomic E-state index is 0.0624. The summed E-state index contributed by atoms with van der Waals surface area (Å²) in [6.07, 6.45) is 1.90. The molecule has 0 unspecified atom stereocenters. The molecule has 0 amide bonds. The van der Waals surface area contributed by atoms with Gasteiger partial charge >= 0.3 is 0 Å². The molecule has 6 nitrogen and oxygen atoms in total. The van der Waals surface area contributed by atoms with E-state index in [1.54, 1.807) is 21.8 Å². The second kappa shape index (κ2) is 6.44. The number of hydrogen-bond donors (Lipinski definition) is 1. The molecule has 3 aromatic heterocycles. The zero-order valence-corrected chi connectivity index (χ0v) is 15.8. The first-order valence-corrected chi connectivity index (χ1v) is 9.86. The third-order valence-electron chi connectivity index (χ3n) is 4.92. The van der Waals surface area contributed by atoms with Crippen LogP contribution in [0.15, 0.2) is 47.4 Å². The van der Waals surface area contributed by atoms with Crippen LogP contribution in [0.25, 0.3) is 27.1 Å². The van der Waals surface area contributed by atoms with Gasteiger partial charge in [0.2, 0.25) is 0 Å². The number of nitrogens with zero attached hydrogens (tertiary/aromatic N) is 4. The molecule has 1 saturated heterocycles. The van der Waals surface area contributed by atoms with E-state index in [0.717, 1.165) is 52.7 Å². The van der Waals surface area contributed by atoms with Crippen LogP contribution in [0.2, 0.25) is 0 Å². The van der Waals surface area contributed by atoms with Crippen LogP contribution in [-0.2, 0) is 0 Å². The molecule has 1 N–H and O–H groups in total. The molecule has 5 rings (SSSR count). The van der Waals surface area contributed by atoms with E-state index in [1.165, 1.54) is 0 Å². The molecule has 1 aromatic carbocycles. The second-order valence-electron chi connectivity index (χ2n) is 6.75. The molecule has 1 fully saturated rings. The van der Waals surface area contributed by atoms with E-state index in [9.17, 15) is 4.79 Å². The lowest BCUT2D eigenvalue weighted by molar-refractivity contribution is 0.588. The highest BCUT2D eigenvalue weighted by Gasteiger charge is 2.13. The summed E-state index contributed by atoms with van der Waals surface area (Å²) in [5, 5.41) is 4.38. The van der Waals surface area contributed by atoms with Gasteiger partial charge in [-0.05, 0) is 31.2 Å². The average Bonchev–Trinajstić information content (AvgIpc) is 3.07. The fraction of sp³-hybridized carbons (Fsp3) is 0.250. The highest BCUT2D eigenvalue weighted by Crippen LogP contribution is 2.27. The van der Waals surface area contributed by atoms with Gasteiger partial charge in [0, 0.05) is 44.0 Å². The number of anilines is 1. The summed E-state index contributed by atoms with van der Waals surface area (Å²) in [6, 6.07) is 11.6. The van der Waals surface area contributed by atoms with Gasteiger partial charge in [-0.25, -0.2) is 9.97 Å². The summed E-state index contributed by atoms with van der Waals surface area (Å²) >= 11 is 1.65. The monoisotopic (exact) mass is 377 g/mol. The molecule has 0 atom stereocenters. The van der Waals surface area contributed by atoms with Crippen LogP contribution >= 0.6 is 11.3 Å². The Morgan fingerprint density at radius 1 is 1.07 bits per heavy atom. The van der Waals surface area contributed by atoms with Crippen LogP contribution in [0.1, 0.15) is 5.01 Å². The SMILES string of the molecule is Cc1nc2ccc(-c3cc(=O)n4cc(N5CCNCC5)ccc4n3)cc2s1. The minimum Gasteiger partial charge on any atom is -0.368 e. The standard InChI is InChI=1S/C20H19N5OS/c1-13-22-16-4-2-14(10-18(16)27-13)17-11-20(26)25-12-15(3-5-19(25)23-17)24-8-6-21-7-9-24/h2-5,10-12,21H,6-9H2,1H3. The van der Waals surface area contributed by atoms with Gasteiger partial charge in [-0.3, -0.25) is 9.20 Å². The maximum atomic E-state index is 12.8. The predicted molar refractivity (Wildman–Crippen MR) is 110 cm³/mol. The quantitative estimate of drug-likeness (QED) is 0.582. The molecule has 7 heteroatoms. The molecule has 0 spiro atoms. The molecule has 27 heavy (non-hydrogen) atoms. The molecule has 1 aliphatic rings. The van der Waals surface area contributed by atoms with Gasteiger partial charge in [0.15, 0.2) is 0 Å². The lowest BCUT2D eigenvalue weighted by atomic mass is 10.1. The normalized spacial score (nSPS) is 14.9. The summed E-state index contributed by atoms with van der Waals surface area (Å²) in [5.74, 6) is 0. The smallest absolute Gasteiger partial charge is 0.258 e. The Kier molecular flexibility index (Phi) is 3.91. The Morgan fingerprint density at radius 2 is 1.93 bits per heavy atom. The Morgan fingerprint density at radius 3 is 2.78 bits per heavy atom. The molecule has 136 valence electrons. The zero-order valence-electron chi connectivity index (χ0n) is 15.0. The number of aromatic nitrogens is 3. The fourth-order valence-corrected chi connectivity index (χ4v) is 4.42. The van der Waals surface area contributed by atoms with Gasteiger partial charge in [0.05, 0.1) is 26.6 Å². The van der Waals surface area contributed by atoms with E-state index < -0.39 is 0 Å². The summed E-state index contributed by atoms with van der Waals surface area (Å²) in [4.78, 5) is 24.3. The van der Waals surface area contributed by atoms with E-state index in [-0.39, 0.29) is 5.56 Å². The van der Waals surface area contributed by atoms with Crippen molar-refractivity contribution in [2.45, 2.75) is 6.92 Å². The molecule has 0 bridgehead atoms. The number of rotatable bonds is 2. The van der Waals surface area contributed by atoms with Crippen molar-refractivity contribution in [2.24, 2.45) is 0 Å². The summed E-state index contributed by atoms with van der Waals surface area (Å²) in [6.45, 7) is 5.81. The highest BCUT2D eigenvalue weighted by atomic mass is 32.1. The van der Waals surface area contributed by atoms with Gasteiger partial charge in [0.25, 0.3) is 5.56 Å². The number of nitrogens with one attached hydrogen (secondary N) is 1. The molecular weight excluding hydrogens is 358 g/mol. The molecule has 0 saturated carbocycles. The first-order valence-electron chi connectivity index (χ1n) is 9.04. The van der Waals surface area contributed by atoms with Crippen molar-refractivity contribution < 1.29 is 0 Å². The Bertz CT molecular complexity index is 1210. The number of benzene rings is 1. The lowest BCUT2D eigenvalue weighted by Crippen LogP contribution is -2.43. The summed E-state index contributed by atoms with van der Waals surface area (Å²) < 4.78 is 2.75. The molecular formula is C20H19N5OS. The van der Waals surface area contributed by atoms with Crippen molar-refractivity contribution in [2.75, 3.05) is 31.1 Å². The fourth-order valence-electron chi connectivity index (χ4n) is 3.55. The first-order chi connectivity index (χ1) is 13.2. The number of aryl methyl sites for hydroxylation is 1. The Balaban J connectivity index is 1.58. The van der Waals surface area contributed by atoms with Gasteiger partial charge in [-0.15, -0.1) is 11.3 Å². The van der Waals surface area contributed by atoms with E-state index in [4.69, 9.17) is 4.98 Å². The van der Waals surface area contributed by atoms with E-state index in [1.807, 2.05) is 37.4 Å². The van der Waals surface area contributed by atoms with Crippen molar-refractivity contribution in [1.29, 1.82) is 0 Å². The molecule has 0 aliphatic carbocycles. The lowest BCUT2D eigenvalue weighted by Gasteiger charge is -2.29. The maximum absolute atomic E-state index is 12.8. The van der Waals surface area contributed by atoms with E-state index in [2.05, 4.69) is 21.3 Å². The number of piperazine rings is 1. The highest BCUT2D eigenvalue weighted by molar-refractivity contribution is 7.18. The third-order valence-corrected chi connectivity index (χ3v) is 5.85. The Hall–Kier alpha value is -2.77. The van der Waals surface area contributed by atoms with Gasteiger partial charge in [-0.2, -0.15) is 0 Å². The Labute approximate surface area is 160 Å². The van der Waals surface area contributed by atoms with Crippen LogP contribution in [0.3, 0.4) is 0 Å². The van der Waals surface area contributed by atoms with Crippen LogP contribution in [0.5, 0.6) is 0 Å².